The van der Waals surface area contributed by atoms with Crippen molar-refractivity contribution in [3.63, 3.8) is 0 Å². The van der Waals surface area contributed by atoms with Crippen LogP contribution in [0.5, 0.6) is 0 Å². The summed E-state index contributed by atoms with van der Waals surface area (Å²) in [5, 5.41) is 3.67. The van der Waals surface area contributed by atoms with Crippen LogP contribution >= 0.6 is 0 Å². The molecule has 1 aliphatic carbocycles. The van der Waals surface area contributed by atoms with Crippen LogP contribution in [0, 0.1) is 11.8 Å². The zero-order valence-corrected chi connectivity index (χ0v) is 11.6. The number of nitrogens with one attached hydrogen (secondary N) is 1. The number of nitrogens with zero attached hydrogens (tertiary/aromatic N) is 1. The van der Waals surface area contributed by atoms with Gasteiger partial charge in [0.25, 0.3) is 0 Å². The minimum absolute atomic E-state index is 0.404. The molecule has 3 heteroatoms. The summed E-state index contributed by atoms with van der Waals surface area (Å²) in [7, 11) is 0. The number of ether oxygens (including phenoxy) is 1. The number of hydrogen-bond donors (Lipinski definition) is 1. The van der Waals surface area contributed by atoms with E-state index in [0.717, 1.165) is 50.7 Å². The van der Waals surface area contributed by atoms with Crippen molar-refractivity contribution >= 4 is 0 Å². The van der Waals surface area contributed by atoms with Crippen LogP contribution in [-0.4, -0.2) is 49.8 Å². The Kier molecular flexibility index (Phi) is 4.83. The highest BCUT2D eigenvalue weighted by Gasteiger charge is 2.31. The molecule has 1 saturated carbocycles. The molecule has 1 atom stereocenters. The summed E-state index contributed by atoms with van der Waals surface area (Å²) in [4.78, 5) is 2.48. The Morgan fingerprint density at radius 2 is 2.12 bits per heavy atom. The van der Waals surface area contributed by atoms with Gasteiger partial charge in [0.1, 0.15) is 0 Å². The fourth-order valence-corrected chi connectivity index (χ4v) is 2.86. The molecule has 1 saturated heterocycles. The van der Waals surface area contributed by atoms with Gasteiger partial charge in [0.2, 0.25) is 0 Å². The van der Waals surface area contributed by atoms with Gasteiger partial charge in [-0.2, -0.15) is 0 Å². The van der Waals surface area contributed by atoms with Crippen LogP contribution < -0.4 is 5.32 Å². The van der Waals surface area contributed by atoms with E-state index in [2.05, 4.69) is 31.0 Å². The summed E-state index contributed by atoms with van der Waals surface area (Å²) < 4.78 is 5.80. The highest BCUT2D eigenvalue weighted by molar-refractivity contribution is 4.87. The van der Waals surface area contributed by atoms with E-state index in [1.54, 1.807) is 0 Å². The molecule has 0 bridgehead atoms. The van der Waals surface area contributed by atoms with Crippen molar-refractivity contribution in [2.75, 3.05) is 32.8 Å². The van der Waals surface area contributed by atoms with E-state index in [9.17, 15) is 0 Å². The summed E-state index contributed by atoms with van der Waals surface area (Å²) in [5.74, 6) is 1.81. The molecule has 2 aliphatic rings. The van der Waals surface area contributed by atoms with E-state index in [-0.39, 0.29) is 0 Å². The van der Waals surface area contributed by atoms with Crippen LogP contribution in [-0.2, 0) is 4.74 Å². The first kappa shape index (κ1) is 13.3. The topological polar surface area (TPSA) is 24.5 Å². The Morgan fingerprint density at radius 1 is 1.35 bits per heavy atom. The molecule has 2 fully saturated rings. The average Bonchev–Trinajstić information content (AvgIpc) is 2.27. The fraction of sp³-hybridized carbons (Fsp3) is 1.00. The second-order valence-electron chi connectivity index (χ2n) is 5.97. The van der Waals surface area contributed by atoms with Gasteiger partial charge < -0.3 is 10.1 Å². The van der Waals surface area contributed by atoms with Gasteiger partial charge in [-0.05, 0) is 31.2 Å². The van der Waals surface area contributed by atoms with Crippen molar-refractivity contribution in [1.82, 2.24) is 10.2 Å². The zero-order valence-electron chi connectivity index (χ0n) is 11.6. The molecule has 0 aromatic rings. The van der Waals surface area contributed by atoms with E-state index < -0.39 is 0 Å². The van der Waals surface area contributed by atoms with Crippen molar-refractivity contribution in [3.05, 3.63) is 0 Å². The summed E-state index contributed by atoms with van der Waals surface area (Å²) in [5.41, 5.74) is 0. The first-order valence-corrected chi connectivity index (χ1v) is 7.26. The van der Waals surface area contributed by atoms with Crippen LogP contribution in [0.25, 0.3) is 0 Å². The predicted molar refractivity (Wildman–Crippen MR) is 71.2 cm³/mol. The van der Waals surface area contributed by atoms with E-state index in [4.69, 9.17) is 4.74 Å². The first-order valence-electron chi connectivity index (χ1n) is 7.26. The predicted octanol–water partition coefficient (Wildman–Crippen LogP) is 1.73. The van der Waals surface area contributed by atoms with E-state index >= 15 is 0 Å². The number of hydrogen-bond acceptors (Lipinski definition) is 3. The second kappa shape index (κ2) is 6.17. The molecular formula is C14H28N2O. The van der Waals surface area contributed by atoms with Crippen molar-refractivity contribution < 1.29 is 4.74 Å². The second-order valence-corrected chi connectivity index (χ2v) is 5.97. The third-order valence-corrected chi connectivity index (χ3v) is 4.42. The third-order valence-electron chi connectivity index (χ3n) is 4.42. The minimum atomic E-state index is 0.404. The molecule has 0 amide bonds. The van der Waals surface area contributed by atoms with Gasteiger partial charge >= 0.3 is 0 Å². The molecular weight excluding hydrogens is 212 g/mol. The molecule has 2 rings (SSSR count). The zero-order chi connectivity index (χ0) is 12.3. The van der Waals surface area contributed by atoms with E-state index in [1.807, 2.05) is 0 Å². The van der Waals surface area contributed by atoms with Gasteiger partial charge in [-0.1, -0.05) is 20.8 Å². The molecule has 1 aliphatic heterocycles. The lowest BCUT2D eigenvalue weighted by Gasteiger charge is -2.40. The smallest absolute Gasteiger partial charge is 0.0826 e. The fourth-order valence-electron chi connectivity index (χ4n) is 2.86. The summed E-state index contributed by atoms with van der Waals surface area (Å²) >= 11 is 0. The first-order chi connectivity index (χ1) is 8.19. The molecule has 0 aromatic carbocycles. The van der Waals surface area contributed by atoms with Gasteiger partial charge in [-0.3, -0.25) is 4.90 Å². The normalized spacial score (nSPS) is 34.9. The molecule has 0 aromatic heterocycles. The SMILES string of the molecule is CCN1CCOC(CNC2CC(C(C)C)C2)C1. The lowest BCUT2D eigenvalue weighted by Crippen LogP contribution is -2.51. The standard InChI is InChI=1S/C14H28N2O/c1-4-16-5-6-17-14(10-16)9-15-13-7-12(8-13)11(2)3/h11-15H,4-10H2,1-3H3. The quantitative estimate of drug-likeness (QED) is 0.792. The Bertz CT molecular complexity index is 226. The van der Waals surface area contributed by atoms with Crippen LogP contribution in [0.1, 0.15) is 33.6 Å². The van der Waals surface area contributed by atoms with Crippen molar-refractivity contribution in [1.29, 1.82) is 0 Å². The third kappa shape index (κ3) is 3.67. The van der Waals surface area contributed by atoms with E-state index in [0.29, 0.717) is 6.10 Å². The van der Waals surface area contributed by atoms with Gasteiger partial charge in [-0.25, -0.2) is 0 Å². The average molecular weight is 240 g/mol. The van der Waals surface area contributed by atoms with E-state index in [1.165, 1.54) is 12.8 Å². The molecule has 100 valence electrons. The van der Waals surface area contributed by atoms with Crippen LogP contribution in [0.4, 0.5) is 0 Å². The number of likely N-dealkylation sites (N-methyl/N-ethyl adjacent to an activating group) is 1. The van der Waals surface area contributed by atoms with Gasteiger partial charge in [0, 0.05) is 25.7 Å². The number of morpholine rings is 1. The van der Waals surface area contributed by atoms with Gasteiger partial charge in [-0.15, -0.1) is 0 Å². The lowest BCUT2D eigenvalue weighted by molar-refractivity contribution is -0.0288. The highest BCUT2D eigenvalue weighted by Crippen LogP contribution is 2.33. The molecule has 3 nitrogen and oxygen atoms in total. The van der Waals surface area contributed by atoms with Crippen molar-refractivity contribution in [3.8, 4) is 0 Å². The van der Waals surface area contributed by atoms with Crippen LogP contribution in [0.2, 0.25) is 0 Å². The Morgan fingerprint density at radius 3 is 2.76 bits per heavy atom. The lowest BCUT2D eigenvalue weighted by atomic mass is 9.73. The Hall–Kier alpha value is -0.120. The molecule has 0 spiro atoms. The molecule has 1 N–H and O–H groups in total. The largest absolute Gasteiger partial charge is 0.374 e. The van der Waals surface area contributed by atoms with Crippen LogP contribution in [0.15, 0.2) is 0 Å². The maximum Gasteiger partial charge on any atom is 0.0826 e. The Balaban J connectivity index is 1.59. The Labute approximate surface area is 106 Å². The maximum atomic E-state index is 5.80. The van der Waals surface area contributed by atoms with Gasteiger partial charge in [0.15, 0.2) is 0 Å². The van der Waals surface area contributed by atoms with Crippen molar-refractivity contribution in [2.45, 2.75) is 45.8 Å². The maximum absolute atomic E-state index is 5.80. The summed E-state index contributed by atoms with van der Waals surface area (Å²) in [6, 6.07) is 0.753. The molecule has 17 heavy (non-hydrogen) atoms. The highest BCUT2D eigenvalue weighted by atomic mass is 16.5. The molecule has 1 heterocycles. The number of rotatable bonds is 5. The van der Waals surface area contributed by atoms with Crippen LogP contribution in [0.3, 0.4) is 0 Å². The summed E-state index contributed by atoms with van der Waals surface area (Å²) in [6.45, 7) is 12.2. The summed E-state index contributed by atoms with van der Waals surface area (Å²) in [6.07, 6.45) is 3.13. The molecule has 0 radical (unpaired) electrons. The van der Waals surface area contributed by atoms with Gasteiger partial charge in [0.05, 0.1) is 12.7 Å². The van der Waals surface area contributed by atoms with Crippen molar-refractivity contribution in [2.24, 2.45) is 11.8 Å². The minimum Gasteiger partial charge on any atom is -0.374 e. The monoisotopic (exact) mass is 240 g/mol. The molecule has 1 unspecified atom stereocenters.